The van der Waals surface area contributed by atoms with E-state index in [-0.39, 0.29) is 11.8 Å². The molecule has 5 nitrogen and oxygen atoms in total. The van der Waals surface area contributed by atoms with Crippen LogP contribution in [0.15, 0.2) is 49.6 Å². The van der Waals surface area contributed by atoms with Crippen LogP contribution in [0.4, 0.5) is 5.69 Å². The molecule has 0 saturated carbocycles. The van der Waals surface area contributed by atoms with E-state index in [9.17, 15) is 9.59 Å². The summed E-state index contributed by atoms with van der Waals surface area (Å²) in [4.78, 5) is 28.4. The summed E-state index contributed by atoms with van der Waals surface area (Å²) in [7, 11) is 1.70. The summed E-state index contributed by atoms with van der Waals surface area (Å²) in [5, 5.41) is 0. The van der Waals surface area contributed by atoms with Gasteiger partial charge in [0, 0.05) is 25.7 Å². The number of anilines is 1. The van der Waals surface area contributed by atoms with Crippen molar-refractivity contribution in [3.8, 4) is 0 Å². The van der Waals surface area contributed by atoms with E-state index in [1.807, 2.05) is 24.3 Å². The molecule has 2 atom stereocenters. The maximum absolute atomic E-state index is 12.6. The molecule has 1 spiro atoms. The van der Waals surface area contributed by atoms with E-state index in [2.05, 4.69) is 13.2 Å². The second kappa shape index (κ2) is 5.10. The van der Waals surface area contributed by atoms with Gasteiger partial charge in [-0.15, -0.1) is 13.2 Å². The highest BCUT2D eigenvalue weighted by Gasteiger charge is 2.72. The Morgan fingerprint density at radius 2 is 2.00 bits per heavy atom. The van der Waals surface area contributed by atoms with Crippen molar-refractivity contribution in [1.82, 2.24) is 4.90 Å². The number of likely N-dealkylation sites (N-methyl/N-ethyl adjacent to an activating group) is 1. The molecule has 5 heteroatoms. The van der Waals surface area contributed by atoms with Crippen molar-refractivity contribution in [2.24, 2.45) is 0 Å². The number of carbonyl (C=O) groups excluding carboxylic acids is 2. The number of amides is 2. The van der Waals surface area contributed by atoms with Crippen molar-refractivity contribution in [2.45, 2.75) is 11.7 Å². The van der Waals surface area contributed by atoms with Gasteiger partial charge in [-0.1, -0.05) is 30.4 Å². The lowest BCUT2D eigenvalue weighted by Gasteiger charge is -2.18. The molecule has 2 amide bonds. The van der Waals surface area contributed by atoms with Crippen molar-refractivity contribution in [3.63, 3.8) is 0 Å². The highest BCUT2D eigenvalue weighted by atomic mass is 16.6. The van der Waals surface area contributed by atoms with Crippen LogP contribution in [-0.4, -0.2) is 43.0 Å². The van der Waals surface area contributed by atoms with E-state index < -0.39 is 11.7 Å². The Hall–Kier alpha value is -2.40. The number of epoxide rings is 1. The number of nitrogens with zero attached hydrogens (tertiary/aromatic N) is 2. The van der Waals surface area contributed by atoms with Crippen LogP contribution in [-0.2, 0) is 19.9 Å². The first kappa shape index (κ1) is 14.5. The summed E-state index contributed by atoms with van der Waals surface area (Å²) < 4.78 is 5.66. The Morgan fingerprint density at radius 1 is 1.36 bits per heavy atom. The molecule has 114 valence electrons. The SMILES string of the molecule is C=CCN(CC=C)C(=O)C1OC12C(=O)N(C)c1ccccc12. The number of ether oxygens (including phenoxy) is 1. The Kier molecular flexibility index (Phi) is 3.37. The molecule has 1 aromatic rings. The molecule has 0 aliphatic carbocycles. The maximum atomic E-state index is 12.6. The quantitative estimate of drug-likeness (QED) is 0.611. The second-order valence-electron chi connectivity index (χ2n) is 5.44. The van der Waals surface area contributed by atoms with Crippen molar-refractivity contribution in [2.75, 3.05) is 25.0 Å². The van der Waals surface area contributed by atoms with E-state index in [1.165, 1.54) is 0 Å². The van der Waals surface area contributed by atoms with Gasteiger partial charge >= 0.3 is 0 Å². The van der Waals surface area contributed by atoms with Crippen molar-refractivity contribution < 1.29 is 14.3 Å². The number of rotatable bonds is 5. The molecule has 2 aliphatic heterocycles. The Morgan fingerprint density at radius 3 is 2.64 bits per heavy atom. The first-order chi connectivity index (χ1) is 10.6. The van der Waals surface area contributed by atoms with Gasteiger partial charge < -0.3 is 14.5 Å². The first-order valence-electron chi connectivity index (χ1n) is 7.14. The third-order valence-electron chi connectivity index (χ3n) is 4.14. The number of para-hydroxylation sites is 1. The van der Waals surface area contributed by atoms with E-state index in [1.54, 1.807) is 29.0 Å². The summed E-state index contributed by atoms with van der Waals surface area (Å²) >= 11 is 0. The second-order valence-corrected chi connectivity index (χ2v) is 5.44. The molecule has 1 aromatic carbocycles. The number of benzene rings is 1. The standard InChI is InChI=1S/C17H18N2O3/c1-4-10-19(11-5-2)15(20)14-17(22-14)12-8-6-7-9-13(12)18(3)16(17)21/h4-9,14H,1-2,10-11H2,3H3. The summed E-state index contributed by atoms with van der Waals surface area (Å²) in [5.74, 6) is -0.401. The van der Waals surface area contributed by atoms with Crippen LogP contribution < -0.4 is 4.90 Å². The summed E-state index contributed by atoms with van der Waals surface area (Å²) in [6.45, 7) is 8.10. The Bertz CT molecular complexity index is 660. The van der Waals surface area contributed by atoms with Gasteiger partial charge in [0.05, 0.1) is 5.69 Å². The molecule has 0 aromatic heterocycles. The number of fused-ring (bicyclic) bond motifs is 2. The zero-order chi connectivity index (χ0) is 15.9. The lowest BCUT2D eigenvalue weighted by atomic mass is 9.96. The monoisotopic (exact) mass is 298 g/mol. The molecular formula is C17H18N2O3. The predicted molar refractivity (Wildman–Crippen MR) is 83.4 cm³/mol. The molecule has 2 heterocycles. The molecule has 0 radical (unpaired) electrons. The van der Waals surface area contributed by atoms with Crippen LogP contribution in [0.5, 0.6) is 0 Å². The molecule has 3 rings (SSSR count). The molecule has 2 aliphatic rings. The number of carbonyl (C=O) groups is 2. The van der Waals surface area contributed by atoms with Crippen molar-refractivity contribution >= 4 is 17.5 Å². The number of hydrogen-bond acceptors (Lipinski definition) is 3. The summed E-state index contributed by atoms with van der Waals surface area (Å²) in [6, 6.07) is 7.41. The van der Waals surface area contributed by atoms with Crippen LogP contribution >= 0.6 is 0 Å². The summed E-state index contributed by atoms with van der Waals surface area (Å²) in [6.07, 6.45) is 2.52. The van der Waals surface area contributed by atoms with Gasteiger partial charge in [-0.25, -0.2) is 0 Å². The van der Waals surface area contributed by atoms with Crippen LogP contribution in [0, 0.1) is 0 Å². The van der Waals surface area contributed by atoms with Gasteiger partial charge in [0.2, 0.25) is 5.60 Å². The third kappa shape index (κ3) is 1.82. The van der Waals surface area contributed by atoms with Crippen LogP contribution in [0.25, 0.3) is 0 Å². The van der Waals surface area contributed by atoms with Gasteiger partial charge in [0.15, 0.2) is 6.10 Å². The van der Waals surface area contributed by atoms with Gasteiger partial charge in [-0.05, 0) is 6.07 Å². The van der Waals surface area contributed by atoms with Crippen LogP contribution in [0.3, 0.4) is 0 Å². The van der Waals surface area contributed by atoms with Gasteiger partial charge in [0.1, 0.15) is 0 Å². The van der Waals surface area contributed by atoms with Crippen LogP contribution in [0.2, 0.25) is 0 Å². The Labute approximate surface area is 129 Å². The average Bonchev–Trinajstić information content (AvgIpc) is 3.25. The van der Waals surface area contributed by atoms with Crippen molar-refractivity contribution in [1.29, 1.82) is 0 Å². The molecule has 0 N–H and O–H groups in total. The predicted octanol–water partition coefficient (Wildman–Crippen LogP) is 1.46. The van der Waals surface area contributed by atoms with E-state index in [0.29, 0.717) is 13.1 Å². The molecule has 22 heavy (non-hydrogen) atoms. The highest BCUT2D eigenvalue weighted by molar-refractivity contribution is 6.12. The average molecular weight is 298 g/mol. The lowest BCUT2D eigenvalue weighted by Crippen LogP contribution is -2.39. The largest absolute Gasteiger partial charge is 0.340 e. The lowest BCUT2D eigenvalue weighted by molar-refractivity contribution is -0.132. The van der Waals surface area contributed by atoms with E-state index in [0.717, 1.165) is 11.3 Å². The van der Waals surface area contributed by atoms with Crippen LogP contribution in [0.1, 0.15) is 5.56 Å². The maximum Gasteiger partial charge on any atom is 0.267 e. The minimum Gasteiger partial charge on any atom is -0.340 e. The highest BCUT2D eigenvalue weighted by Crippen LogP contribution is 2.55. The fraction of sp³-hybridized carbons (Fsp3) is 0.294. The van der Waals surface area contributed by atoms with Gasteiger partial charge in [0.25, 0.3) is 11.8 Å². The fourth-order valence-corrected chi connectivity index (χ4v) is 3.03. The minimum absolute atomic E-state index is 0.191. The number of hydrogen-bond donors (Lipinski definition) is 0. The first-order valence-corrected chi connectivity index (χ1v) is 7.14. The minimum atomic E-state index is -1.15. The molecular weight excluding hydrogens is 280 g/mol. The normalized spacial score (nSPS) is 25.0. The van der Waals surface area contributed by atoms with Gasteiger partial charge in [-0.3, -0.25) is 9.59 Å². The molecule has 1 saturated heterocycles. The van der Waals surface area contributed by atoms with E-state index >= 15 is 0 Å². The molecule has 0 bridgehead atoms. The fourth-order valence-electron chi connectivity index (χ4n) is 3.03. The smallest absolute Gasteiger partial charge is 0.267 e. The molecule has 1 fully saturated rings. The Balaban J connectivity index is 1.92. The zero-order valence-electron chi connectivity index (χ0n) is 12.5. The zero-order valence-corrected chi connectivity index (χ0v) is 12.5. The third-order valence-corrected chi connectivity index (χ3v) is 4.14. The summed E-state index contributed by atoms with van der Waals surface area (Å²) in [5.41, 5.74) is 0.406. The topological polar surface area (TPSA) is 53.2 Å². The van der Waals surface area contributed by atoms with E-state index in [4.69, 9.17) is 4.74 Å². The molecule has 2 unspecified atom stereocenters. The van der Waals surface area contributed by atoms with Crippen molar-refractivity contribution in [3.05, 3.63) is 55.1 Å². The van der Waals surface area contributed by atoms with Gasteiger partial charge in [-0.2, -0.15) is 0 Å².